The van der Waals surface area contributed by atoms with Crippen molar-refractivity contribution in [3.05, 3.63) is 64.8 Å². The molecule has 0 unspecified atom stereocenters. The number of benzene rings is 2. The second-order valence-corrected chi connectivity index (χ2v) is 9.66. The van der Waals surface area contributed by atoms with Gasteiger partial charge in [-0.25, -0.2) is 9.50 Å². The average Bonchev–Trinajstić information content (AvgIpc) is 3.32. The number of imidazole rings is 1. The number of nitrogens with zero attached hydrogens (tertiary/aromatic N) is 5. The van der Waals surface area contributed by atoms with Crippen LogP contribution in [0.25, 0.3) is 32.6 Å². The van der Waals surface area contributed by atoms with Crippen molar-refractivity contribution in [2.75, 3.05) is 0 Å². The highest BCUT2D eigenvalue weighted by atomic mass is 79.9. The van der Waals surface area contributed by atoms with Crippen LogP contribution in [0.3, 0.4) is 0 Å². The number of aromatic nitrogens is 5. The fourth-order valence-corrected chi connectivity index (χ4v) is 4.37. The van der Waals surface area contributed by atoms with Gasteiger partial charge in [0.1, 0.15) is 0 Å². The Morgan fingerprint density at radius 2 is 1.54 bits per heavy atom. The van der Waals surface area contributed by atoms with Crippen LogP contribution in [0.4, 0.5) is 0 Å². The molecule has 0 aliphatic carbocycles. The van der Waals surface area contributed by atoms with E-state index in [1.807, 2.05) is 27.4 Å². The summed E-state index contributed by atoms with van der Waals surface area (Å²) in [6, 6.07) is 16.7. The quantitative estimate of drug-likeness (QED) is 0.339. The van der Waals surface area contributed by atoms with Crippen molar-refractivity contribution in [3.8, 4) is 22.6 Å². The van der Waals surface area contributed by atoms with Crippen molar-refractivity contribution < 1.29 is 0 Å². The Morgan fingerprint density at radius 1 is 0.857 bits per heavy atom. The molecule has 0 saturated carbocycles. The molecule has 3 heterocycles. The molecule has 0 spiro atoms. The first kappa shape index (κ1) is 17.6. The van der Waals surface area contributed by atoms with Crippen LogP contribution in [0, 0.1) is 0 Å². The first-order chi connectivity index (χ1) is 13.4. The van der Waals surface area contributed by atoms with Crippen LogP contribution in [0.1, 0.15) is 26.3 Å². The van der Waals surface area contributed by atoms with Gasteiger partial charge >= 0.3 is 0 Å². The molecule has 0 aliphatic heterocycles. The fourth-order valence-electron chi connectivity index (χ4n) is 3.23. The predicted octanol–water partition coefficient (Wildman–Crippen LogP) is 5.83. The molecular formula is C21H18BrN5S. The van der Waals surface area contributed by atoms with E-state index in [4.69, 9.17) is 4.98 Å². The third kappa shape index (κ3) is 2.86. The van der Waals surface area contributed by atoms with Crippen LogP contribution in [0.5, 0.6) is 0 Å². The number of hydrogen-bond donors (Lipinski definition) is 0. The van der Waals surface area contributed by atoms with Crippen LogP contribution in [-0.2, 0) is 5.41 Å². The van der Waals surface area contributed by atoms with Gasteiger partial charge in [0.2, 0.25) is 9.92 Å². The lowest BCUT2D eigenvalue weighted by molar-refractivity contribution is 0.590. The lowest BCUT2D eigenvalue weighted by atomic mass is 9.87. The lowest BCUT2D eigenvalue weighted by Gasteiger charge is -2.18. The third-order valence-electron chi connectivity index (χ3n) is 4.82. The first-order valence-electron chi connectivity index (χ1n) is 9.00. The molecule has 3 aromatic heterocycles. The molecular weight excluding hydrogens is 434 g/mol. The maximum atomic E-state index is 4.78. The van der Waals surface area contributed by atoms with Gasteiger partial charge in [-0.1, -0.05) is 84.4 Å². The van der Waals surface area contributed by atoms with Crippen molar-refractivity contribution >= 4 is 37.2 Å². The summed E-state index contributed by atoms with van der Waals surface area (Å²) in [5.41, 5.74) is 4.48. The molecule has 5 rings (SSSR count). The summed E-state index contributed by atoms with van der Waals surface area (Å²) in [6.45, 7) is 6.65. The zero-order chi connectivity index (χ0) is 19.5. The van der Waals surface area contributed by atoms with E-state index < -0.39 is 0 Å². The molecule has 0 atom stereocenters. The molecule has 0 radical (unpaired) electrons. The summed E-state index contributed by atoms with van der Waals surface area (Å²) < 4.78 is 5.12. The highest BCUT2D eigenvalue weighted by molar-refractivity contribution is 9.10. The van der Waals surface area contributed by atoms with Crippen molar-refractivity contribution in [2.45, 2.75) is 26.2 Å². The highest BCUT2D eigenvalue weighted by Gasteiger charge is 2.18. The van der Waals surface area contributed by atoms with Crippen LogP contribution < -0.4 is 0 Å². The molecule has 0 saturated heterocycles. The summed E-state index contributed by atoms with van der Waals surface area (Å²) in [6.07, 6.45) is 2.04. The summed E-state index contributed by atoms with van der Waals surface area (Å²) >= 11 is 5.02. The molecule has 2 aromatic carbocycles. The second-order valence-electron chi connectivity index (χ2n) is 7.81. The van der Waals surface area contributed by atoms with E-state index >= 15 is 0 Å². The molecule has 0 fully saturated rings. The highest BCUT2D eigenvalue weighted by Crippen LogP contribution is 2.29. The van der Waals surface area contributed by atoms with Crippen LogP contribution >= 0.6 is 27.3 Å². The summed E-state index contributed by atoms with van der Waals surface area (Å²) in [5.74, 6) is 0.821. The van der Waals surface area contributed by atoms with Gasteiger partial charge in [0.05, 0.1) is 11.9 Å². The minimum atomic E-state index is 0.123. The Morgan fingerprint density at radius 3 is 2.21 bits per heavy atom. The van der Waals surface area contributed by atoms with Gasteiger partial charge in [0.25, 0.3) is 0 Å². The number of rotatable bonds is 2. The van der Waals surface area contributed by atoms with Crippen LogP contribution in [0.15, 0.2) is 59.2 Å². The standard InChI is InChI=1S/C21H18BrN5S/c1-21(2,3)15-8-4-14(5-9-15)18-24-25-20-27(18)26-12-17(23-19(26)28-20)13-6-10-16(22)11-7-13/h4-12H,1-3H3. The van der Waals surface area contributed by atoms with Gasteiger partial charge in [0.15, 0.2) is 5.82 Å². The minimum Gasteiger partial charge on any atom is -0.223 e. The number of fused-ring (bicyclic) bond motifs is 3. The van der Waals surface area contributed by atoms with Gasteiger partial charge in [-0.05, 0) is 23.1 Å². The maximum Gasteiger partial charge on any atom is 0.235 e. The largest absolute Gasteiger partial charge is 0.235 e. The number of hydrogen-bond acceptors (Lipinski definition) is 4. The van der Waals surface area contributed by atoms with E-state index in [0.717, 1.165) is 37.0 Å². The molecule has 28 heavy (non-hydrogen) atoms. The van der Waals surface area contributed by atoms with Crippen molar-refractivity contribution in [3.63, 3.8) is 0 Å². The van der Waals surface area contributed by atoms with Gasteiger partial charge in [0, 0.05) is 15.6 Å². The van der Waals surface area contributed by atoms with Gasteiger partial charge in [-0.2, -0.15) is 4.52 Å². The van der Waals surface area contributed by atoms with E-state index in [0.29, 0.717) is 0 Å². The molecule has 140 valence electrons. The van der Waals surface area contributed by atoms with E-state index in [1.165, 1.54) is 16.9 Å². The van der Waals surface area contributed by atoms with Gasteiger partial charge in [-0.3, -0.25) is 0 Å². The Hall–Kier alpha value is -2.51. The zero-order valence-electron chi connectivity index (χ0n) is 15.7. The number of halogens is 1. The van der Waals surface area contributed by atoms with E-state index in [2.05, 4.69) is 83.3 Å². The van der Waals surface area contributed by atoms with Gasteiger partial charge in [-0.15, -0.1) is 10.2 Å². The first-order valence-corrected chi connectivity index (χ1v) is 10.6. The molecule has 0 aliphatic rings. The van der Waals surface area contributed by atoms with Gasteiger partial charge < -0.3 is 0 Å². The molecule has 7 heteroatoms. The summed E-state index contributed by atoms with van der Waals surface area (Å²) in [4.78, 5) is 6.51. The average molecular weight is 452 g/mol. The molecule has 5 aromatic rings. The van der Waals surface area contributed by atoms with E-state index in [-0.39, 0.29) is 5.41 Å². The second kappa shape index (κ2) is 6.25. The molecule has 5 nitrogen and oxygen atoms in total. The van der Waals surface area contributed by atoms with E-state index in [1.54, 1.807) is 0 Å². The summed E-state index contributed by atoms with van der Waals surface area (Å²) in [5, 5.41) is 8.78. The molecule has 0 amide bonds. The normalized spacial score (nSPS) is 12.3. The SMILES string of the molecule is CC(C)(C)c1ccc(-c2nnc3sc4nc(-c5ccc(Br)cc5)cn4n23)cc1. The molecule has 0 N–H and O–H groups in total. The maximum absolute atomic E-state index is 4.78. The Balaban J connectivity index is 1.63. The topological polar surface area (TPSA) is 47.5 Å². The van der Waals surface area contributed by atoms with Crippen LogP contribution in [-0.4, -0.2) is 24.2 Å². The zero-order valence-corrected chi connectivity index (χ0v) is 18.1. The Kier molecular flexibility index (Phi) is 3.93. The van der Waals surface area contributed by atoms with E-state index in [9.17, 15) is 0 Å². The van der Waals surface area contributed by atoms with Crippen LogP contribution in [0.2, 0.25) is 0 Å². The van der Waals surface area contributed by atoms with Crippen molar-refractivity contribution in [1.29, 1.82) is 0 Å². The molecule has 0 bridgehead atoms. The van der Waals surface area contributed by atoms with Crippen molar-refractivity contribution in [1.82, 2.24) is 24.2 Å². The predicted molar refractivity (Wildman–Crippen MR) is 117 cm³/mol. The Labute approximate surface area is 174 Å². The third-order valence-corrected chi connectivity index (χ3v) is 6.24. The monoisotopic (exact) mass is 451 g/mol. The summed E-state index contributed by atoms with van der Waals surface area (Å²) in [7, 11) is 0. The minimum absolute atomic E-state index is 0.123. The smallest absolute Gasteiger partial charge is 0.223 e. The Bertz CT molecular complexity index is 1290. The fraction of sp³-hybridized carbons (Fsp3) is 0.190. The van der Waals surface area contributed by atoms with Crippen molar-refractivity contribution in [2.24, 2.45) is 0 Å². The lowest BCUT2D eigenvalue weighted by Crippen LogP contribution is -2.10.